The van der Waals surface area contributed by atoms with E-state index < -0.39 is 0 Å². The minimum Gasteiger partial charge on any atom is -1.00 e. The molecule has 0 amide bonds. The van der Waals surface area contributed by atoms with Crippen LogP contribution >= 0.6 is 0 Å². The summed E-state index contributed by atoms with van der Waals surface area (Å²) in [6.07, 6.45) is 4.76. The molecule has 0 spiro atoms. The lowest BCUT2D eigenvalue weighted by Crippen LogP contribution is -3.00. The zero-order chi connectivity index (χ0) is 20.4. The summed E-state index contributed by atoms with van der Waals surface area (Å²) >= 11 is 0. The summed E-state index contributed by atoms with van der Waals surface area (Å²) in [5.41, 5.74) is 3.29. The van der Waals surface area contributed by atoms with Gasteiger partial charge in [-0.05, 0) is 27.2 Å². The molecular weight excluding hydrogens is 378 g/mol. The first-order valence-electron chi connectivity index (χ1n) is 10.0. The molecule has 6 nitrogen and oxygen atoms in total. The monoisotopic (exact) mass is 415 g/mol. The highest BCUT2D eigenvalue weighted by Crippen LogP contribution is 2.11. The number of carbonyl (C=O) groups is 1. The largest absolute Gasteiger partial charge is 1.00 e. The van der Waals surface area contributed by atoms with E-state index in [1.54, 1.807) is 0 Å². The molecular formula is C21H38ClN3O3. The SMILES string of the molecule is CCCCCCOC(CC(=O)OCc1nc(C)c(C)nc1C)C[N+](C)(C)C.[Cl-]. The first kappa shape index (κ1) is 26.8. The van der Waals surface area contributed by atoms with Gasteiger partial charge in [-0.3, -0.25) is 14.8 Å². The second kappa shape index (κ2) is 13.1. The maximum Gasteiger partial charge on any atom is 0.309 e. The molecule has 1 aromatic rings. The van der Waals surface area contributed by atoms with Crippen molar-refractivity contribution in [2.75, 3.05) is 34.3 Å². The molecule has 0 bridgehead atoms. The van der Waals surface area contributed by atoms with Gasteiger partial charge in [-0.1, -0.05) is 26.2 Å². The molecule has 1 rings (SSSR count). The molecule has 0 aliphatic rings. The molecule has 1 heterocycles. The van der Waals surface area contributed by atoms with Crippen LogP contribution in [0.25, 0.3) is 0 Å². The van der Waals surface area contributed by atoms with Gasteiger partial charge in [0.2, 0.25) is 0 Å². The smallest absolute Gasteiger partial charge is 0.309 e. The van der Waals surface area contributed by atoms with Gasteiger partial charge in [-0.15, -0.1) is 0 Å². The predicted octanol–water partition coefficient (Wildman–Crippen LogP) is 0.511. The number of unbranched alkanes of at least 4 members (excludes halogenated alkanes) is 3. The summed E-state index contributed by atoms with van der Waals surface area (Å²) in [6.45, 7) is 9.55. The number of esters is 1. The van der Waals surface area contributed by atoms with Crippen molar-refractivity contribution in [3.8, 4) is 0 Å². The number of nitrogens with zero attached hydrogens (tertiary/aromatic N) is 3. The van der Waals surface area contributed by atoms with E-state index in [4.69, 9.17) is 9.47 Å². The second-order valence-corrected chi connectivity index (χ2v) is 8.32. The van der Waals surface area contributed by atoms with Crippen LogP contribution in [0.5, 0.6) is 0 Å². The average Bonchev–Trinajstić information content (AvgIpc) is 2.55. The Morgan fingerprint density at radius 3 is 2.25 bits per heavy atom. The molecule has 0 aliphatic carbocycles. The van der Waals surface area contributed by atoms with Gasteiger partial charge < -0.3 is 26.4 Å². The molecule has 1 unspecified atom stereocenters. The Labute approximate surface area is 177 Å². The minimum absolute atomic E-state index is 0. The molecule has 0 N–H and O–H groups in total. The third-order valence-corrected chi connectivity index (χ3v) is 4.45. The van der Waals surface area contributed by atoms with Gasteiger partial charge in [0.1, 0.15) is 19.3 Å². The third kappa shape index (κ3) is 10.9. The van der Waals surface area contributed by atoms with Crippen LogP contribution in [0.15, 0.2) is 0 Å². The highest BCUT2D eigenvalue weighted by Gasteiger charge is 2.23. The fraction of sp³-hybridized carbons (Fsp3) is 0.762. The minimum atomic E-state index is -0.249. The molecule has 1 atom stereocenters. The number of halogens is 1. The highest BCUT2D eigenvalue weighted by atomic mass is 35.5. The van der Waals surface area contributed by atoms with E-state index in [9.17, 15) is 4.79 Å². The Balaban J connectivity index is 0.00000729. The topological polar surface area (TPSA) is 61.3 Å². The van der Waals surface area contributed by atoms with Crippen molar-refractivity contribution in [2.45, 2.75) is 72.5 Å². The van der Waals surface area contributed by atoms with Crippen LogP contribution in [-0.4, -0.2) is 60.8 Å². The molecule has 0 aromatic carbocycles. The molecule has 0 saturated carbocycles. The Hall–Kier alpha value is -1.24. The first-order chi connectivity index (χ1) is 12.6. The van der Waals surface area contributed by atoms with Gasteiger partial charge in [-0.2, -0.15) is 0 Å². The fourth-order valence-corrected chi connectivity index (χ4v) is 2.86. The Kier molecular flexibility index (Phi) is 12.5. The van der Waals surface area contributed by atoms with Crippen LogP contribution < -0.4 is 12.4 Å². The van der Waals surface area contributed by atoms with Crippen molar-refractivity contribution in [3.63, 3.8) is 0 Å². The van der Waals surface area contributed by atoms with Crippen molar-refractivity contribution in [3.05, 3.63) is 22.8 Å². The summed E-state index contributed by atoms with van der Waals surface area (Å²) in [5, 5.41) is 0. The van der Waals surface area contributed by atoms with Gasteiger partial charge in [-0.25, -0.2) is 0 Å². The Morgan fingerprint density at radius 2 is 1.64 bits per heavy atom. The van der Waals surface area contributed by atoms with E-state index in [1.165, 1.54) is 19.3 Å². The fourth-order valence-electron chi connectivity index (χ4n) is 2.86. The zero-order valence-electron chi connectivity index (χ0n) is 18.7. The van der Waals surface area contributed by atoms with Crippen LogP contribution in [0.4, 0.5) is 0 Å². The number of rotatable bonds is 12. The number of aromatic nitrogens is 2. The van der Waals surface area contributed by atoms with Gasteiger partial charge in [0.25, 0.3) is 0 Å². The molecule has 0 saturated heterocycles. The van der Waals surface area contributed by atoms with Crippen LogP contribution in [0, 0.1) is 20.8 Å². The first-order valence-corrected chi connectivity index (χ1v) is 10.0. The van der Waals surface area contributed by atoms with Gasteiger partial charge >= 0.3 is 5.97 Å². The van der Waals surface area contributed by atoms with Crippen LogP contribution in [0.2, 0.25) is 0 Å². The van der Waals surface area contributed by atoms with E-state index in [0.717, 1.165) is 40.2 Å². The van der Waals surface area contributed by atoms with Crippen molar-refractivity contribution in [1.29, 1.82) is 0 Å². The lowest BCUT2D eigenvalue weighted by atomic mass is 10.2. The van der Waals surface area contributed by atoms with E-state index in [2.05, 4.69) is 38.0 Å². The average molecular weight is 416 g/mol. The quantitative estimate of drug-likeness (QED) is 0.283. The number of ether oxygens (including phenoxy) is 2. The van der Waals surface area contributed by atoms with Crippen molar-refractivity contribution < 1.29 is 31.2 Å². The normalized spacial score (nSPS) is 12.4. The van der Waals surface area contributed by atoms with E-state index >= 15 is 0 Å². The second-order valence-electron chi connectivity index (χ2n) is 8.32. The molecule has 1 aromatic heterocycles. The predicted molar refractivity (Wildman–Crippen MR) is 107 cm³/mol. The summed E-state index contributed by atoms with van der Waals surface area (Å²) in [4.78, 5) is 21.3. The Bertz CT molecular complexity index is 603. The summed E-state index contributed by atoms with van der Waals surface area (Å²) in [5.74, 6) is -0.249. The van der Waals surface area contributed by atoms with Crippen LogP contribution in [0.3, 0.4) is 0 Å². The summed E-state index contributed by atoms with van der Waals surface area (Å²) in [7, 11) is 6.31. The lowest BCUT2D eigenvalue weighted by Gasteiger charge is -2.29. The van der Waals surface area contributed by atoms with E-state index in [0.29, 0.717) is 6.61 Å². The highest BCUT2D eigenvalue weighted by molar-refractivity contribution is 5.70. The molecule has 28 heavy (non-hydrogen) atoms. The number of quaternary nitrogens is 1. The number of likely N-dealkylation sites (N-methyl/N-ethyl adjacent to an activating group) is 1. The molecule has 162 valence electrons. The van der Waals surface area contributed by atoms with Crippen molar-refractivity contribution in [1.82, 2.24) is 9.97 Å². The number of aryl methyl sites for hydroxylation is 3. The van der Waals surface area contributed by atoms with E-state index in [-0.39, 0.29) is 37.5 Å². The lowest BCUT2D eigenvalue weighted by molar-refractivity contribution is -0.873. The van der Waals surface area contributed by atoms with E-state index in [1.807, 2.05) is 20.8 Å². The third-order valence-electron chi connectivity index (χ3n) is 4.45. The number of carbonyl (C=O) groups excluding carboxylic acids is 1. The van der Waals surface area contributed by atoms with Crippen LogP contribution in [0.1, 0.15) is 61.8 Å². The molecule has 7 heteroatoms. The zero-order valence-corrected chi connectivity index (χ0v) is 19.4. The van der Waals surface area contributed by atoms with Crippen molar-refractivity contribution in [2.24, 2.45) is 0 Å². The molecule has 0 aliphatic heterocycles. The van der Waals surface area contributed by atoms with Crippen molar-refractivity contribution >= 4 is 5.97 Å². The van der Waals surface area contributed by atoms with Gasteiger partial charge in [0, 0.05) is 6.61 Å². The molecule has 0 fully saturated rings. The van der Waals surface area contributed by atoms with Gasteiger partial charge in [0.05, 0.1) is 50.3 Å². The van der Waals surface area contributed by atoms with Gasteiger partial charge in [0.15, 0.2) is 0 Å². The number of hydrogen-bond donors (Lipinski definition) is 0. The maximum atomic E-state index is 12.4. The molecule has 0 radical (unpaired) electrons. The standard InChI is InChI=1S/C21H38N3O3.ClH/c1-8-9-10-11-12-26-19(14-24(5,6)7)13-21(25)27-15-20-18(4)22-16(2)17(3)23-20;/h19H,8-15H2,1-7H3;1H/q+1;/p-1. The maximum absolute atomic E-state index is 12.4. The Morgan fingerprint density at radius 1 is 1.00 bits per heavy atom. The number of hydrogen-bond acceptors (Lipinski definition) is 5. The summed E-state index contributed by atoms with van der Waals surface area (Å²) < 4.78 is 12.2. The summed E-state index contributed by atoms with van der Waals surface area (Å²) in [6, 6.07) is 0. The van der Waals surface area contributed by atoms with Crippen LogP contribution in [-0.2, 0) is 20.9 Å².